The Labute approximate surface area is 325 Å². The molecular formula is C41H52Fe2N4O4+2. The largest absolute Gasteiger partial charge is 0.382 e. The Hall–Kier alpha value is -4.01. The first kappa shape index (κ1) is 47.0. The molecule has 274 valence electrons. The molecule has 0 unspecified atom stereocenters. The van der Waals surface area contributed by atoms with Crippen molar-refractivity contribution in [2.24, 2.45) is 9.98 Å². The molecule has 8 bridgehead atoms. The van der Waals surface area contributed by atoms with E-state index in [-0.39, 0.29) is 49.0 Å². The van der Waals surface area contributed by atoms with Gasteiger partial charge in [0.2, 0.25) is 23.6 Å². The van der Waals surface area contributed by atoms with Crippen LogP contribution in [0.15, 0.2) is 116 Å². The van der Waals surface area contributed by atoms with E-state index < -0.39 is 0 Å². The molecule has 0 saturated carbocycles. The number of ether oxygens (including phenoxy) is 2. The Morgan fingerprint density at radius 1 is 0.588 bits per heavy atom. The molecule has 2 aromatic heterocycles. The summed E-state index contributed by atoms with van der Waals surface area (Å²) in [4.78, 5) is 9.37. The van der Waals surface area contributed by atoms with E-state index in [9.17, 15) is 0 Å². The summed E-state index contributed by atoms with van der Waals surface area (Å²) < 4.78 is 25.7. The summed E-state index contributed by atoms with van der Waals surface area (Å²) in [6, 6.07) is 27.9. The van der Waals surface area contributed by atoms with E-state index in [0.29, 0.717) is 0 Å². The van der Waals surface area contributed by atoms with Crippen LogP contribution in [0, 0.1) is 13.8 Å². The average Bonchev–Trinajstić information content (AvgIpc) is 3.74. The van der Waals surface area contributed by atoms with E-state index in [1.165, 1.54) is 0 Å². The van der Waals surface area contributed by atoms with E-state index in [4.69, 9.17) is 18.5 Å². The zero-order valence-electron chi connectivity index (χ0n) is 29.9. The Balaban J connectivity index is 0.00000128. The van der Waals surface area contributed by atoms with Crippen LogP contribution in [0.3, 0.4) is 0 Å². The minimum atomic E-state index is 0. The van der Waals surface area contributed by atoms with E-state index in [2.05, 4.69) is 9.98 Å². The van der Waals surface area contributed by atoms with Crippen LogP contribution < -0.4 is 9.48 Å². The summed E-state index contributed by atoms with van der Waals surface area (Å²) in [6.45, 7) is 15.3. The first-order valence-electron chi connectivity index (χ1n) is 16.1. The van der Waals surface area contributed by atoms with Crippen LogP contribution in [0.4, 0.5) is 11.4 Å². The van der Waals surface area contributed by atoms with Crippen LogP contribution in [-0.4, -0.2) is 38.9 Å². The van der Waals surface area contributed by atoms with Crippen LogP contribution in [0.25, 0.3) is 33.3 Å². The van der Waals surface area contributed by atoms with Gasteiger partial charge in [-0.2, -0.15) is 0 Å². The average molecular weight is 777 g/mol. The fraction of sp³-hybridized carbons (Fsp3) is 0.268. The smallest absolute Gasteiger partial charge is 0.264 e. The molecular weight excluding hydrogens is 724 g/mol. The number of fused-ring (bicyclic) bond motifs is 8. The van der Waals surface area contributed by atoms with Gasteiger partial charge in [-0.15, -0.1) is 0 Å². The van der Waals surface area contributed by atoms with Gasteiger partial charge in [-0.05, 0) is 76.2 Å². The van der Waals surface area contributed by atoms with Gasteiger partial charge < -0.3 is 16.9 Å². The summed E-state index contributed by atoms with van der Waals surface area (Å²) in [7, 11) is 0. The zero-order chi connectivity index (χ0) is 33.4. The van der Waals surface area contributed by atoms with Gasteiger partial charge >= 0.3 is 0 Å². The predicted octanol–water partition coefficient (Wildman–Crippen LogP) is 9.94. The summed E-state index contributed by atoms with van der Waals surface area (Å²) in [5, 5.41) is 1.98. The number of benzene rings is 4. The van der Waals surface area contributed by atoms with Gasteiger partial charge in [0, 0.05) is 106 Å². The summed E-state index contributed by atoms with van der Waals surface area (Å²) in [5.41, 5.74) is 6.75. The third-order valence-electron chi connectivity index (χ3n) is 6.73. The minimum absolute atomic E-state index is 0. The van der Waals surface area contributed by atoms with Crippen molar-refractivity contribution in [3.63, 3.8) is 0 Å². The second-order valence-corrected chi connectivity index (χ2v) is 10.3. The fourth-order valence-electron chi connectivity index (χ4n) is 4.64. The summed E-state index contributed by atoms with van der Waals surface area (Å²) >= 11 is 0. The van der Waals surface area contributed by atoms with Crippen LogP contribution in [-0.2, 0) is 43.6 Å². The SMILES string of the molecule is C.C1=Nc2cccc(c2)N=Cc2cccc3c[n+](oc23)-c2cccc(c2)-[n+]2cc3cccc1c3o2.CCOCC.CCOCC.C[CH+]C.[CH3-].[Fe].[Fe]. The van der Waals surface area contributed by atoms with E-state index >= 15 is 0 Å². The number of hydrogen-bond donors (Lipinski definition) is 0. The molecule has 0 N–H and O–H groups in total. The number of para-hydroxylation sites is 2. The van der Waals surface area contributed by atoms with Gasteiger partial charge in [-0.1, -0.05) is 25.6 Å². The van der Waals surface area contributed by atoms with Crippen LogP contribution >= 0.6 is 0 Å². The second-order valence-electron chi connectivity index (χ2n) is 10.3. The Bertz CT molecular complexity index is 1780. The van der Waals surface area contributed by atoms with Gasteiger partial charge in [0.15, 0.2) is 0 Å². The van der Waals surface area contributed by atoms with E-state index in [1.807, 2.05) is 158 Å². The molecule has 51 heavy (non-hydrogen) atoms. The van der Waals surface area contributed by atoms with Crippen LogP contribution in [0.1, 0.15) is 60.1 Å². The Kier molecular flexibility index (Phi) is 23.1. The molecule has 0 amide bonds. The van der Waals surface area contributed by atoms with Crippen molar-refractivity contribution in [3.8, 4) is 11.4 Å². The number of aliphatic imine (C=N–C) groups is 2. The van der Waals surface area contributed by atoms with Crippen molar-refractivity contribution in [2.45, 2.75) is 49.0 Å². The third kappa shape index (κ3) is 13.2. The van der Waals surface area contributed by atoms with Crippen molar-refractivity contribution < 1.29 is 62.1 Å². The maximum Gasteiger partial charge on any atom is 0.264 e. The maximum atomic E-state index is 6.24. The number of nitrogens with zero attached hydrogens (tertiary/aromatic N) is 4. The molecule has 0 saturated heterocycles. The van der Waals surface area contributed by atoms with Crippen molar-refractivity contribution in [1.82, 2.24) is 0 Å². The molecule has 1 aliphatic rings. The molecule has 0 radical (unpaired) electrons. The van der Waals surface area contributed by atoms with Crippen LogP contribution in [0.5, 0.6) is 0 Å². The molecule has 0 spiro atoms. The predicted molar refractivity (Wildman–Crippen MR) is 203 cm³/mol. The maximum absolute atomic E-state index is 6.24. The number of hydrogen-bond acceptors (Lipinski definition) is 6. The number of rotatable bonds is 4. The van der Waals surface area contributed by atoms with Crippen LogP contribution in [0.2, 0.25) is 0 Å². The van der Waals surface area contributed by atoms with Gasteiger partial charge in [0.1, 0.15) is 0 Å². The minimum Gasteiger partial charge on any atom is -0.382 e. The Morgan fingerprint density at radius 3 is 1.33 bits per heavy atom. The van der Waals surface area contributed by atoms with Crippen molar-refractivity contribution in [2.75, 3.05) is 26.4 Å². The normalized spacial score (nSPS) is 10.2. The third-order valence-corrected chi connectivity index (χ3v) is 6.73. The summed E-state index contributed by atoms with van der Waals surface area (Å²) in [6.07, 6.45) is 9.63. The van der Waals surface area contributed by atoms with Crippen molar-refractivity contribution in [3.05, 3.63) is 122 Å². The molecule has 6 aromatic rings. The quantitative estimate of drug-likeness (QED) is 0.101. The summed E-state index contributed by atoms with van der Waals surface area (Å²) in [5.74, 6) is 0. The van der Waals surface area contributed by atoms with E-state index in [1.54, 1.807) is 9.48 Å². The molecule has 10 heteroatoms. The molecule has 0 atom stereocenters. The van der Waals surface area contributed by atoms with Gasteiger partial charge in [0.05, 0.1) is 48.5 Å². The van der Waals surface area contributed by atoms with E-state index in [0.717, 1.165) is 82.2 Å². The molecule has 8 nitrogen and oxygen atoms in total. The topological polar surface area (TPSA) is 77.2 Å². The monoisotopic (exact) mass is 776 g/mol. The zero-order valence-corrected chi connectivity index (χ0v) is 32.1. The molecule has 0 aliphatic carbocycles. The number of aromatic nitrogens is 2. The van der Waals surface area contributed by atoms with Crippen molar-refractivity contribution >= 4 is 45.7 Å². The van der Waals surface area contributed by atoms with Crippen molar-refractivity contribution in [1.29, 1.82) is 0 Å². The Morgan fingerprint density at radius 2 is 0.961 bits per heavy atom. The fourth-order valence-corrected chi connectivity index (χ4v) is 4.64. The van der Waals surface area contributed by atoms with Gasteiger partial charge in [-0.3, -0.25) is 9.98 Å². The second kappa shape index (κ2) is 25.0. The molecule has 1 aliphatic heterocycles. The molecule has 0 fully saturated rings. The first-order valence-corrected chi connectivity index (χ1v) is 16.1. The molecule has 3 heterocycles. The first-order chi connectivity index (χ1) is 23.0. The standard InChI is InChI=1S/C28H18N4O2.2C4H10O.C3H7.CH4.CH3.2Fe/c1-5-19-15-29-23-9-3-10-24(13-23)30-16-20-6-2-8-22-18-32(34-28(20)22)26-12-4-11-25(14-26)31-17-21(7-1)27(19)33-31;2*1-3-5-4-2;1-3-2;;;;/h1-18H;2*3-4H2,1-2H3;3H,1-2H3;1H4;1H3;;/q+2;;;+1;;-1;;. The van der Waals surface area contributed by atoms with Gasteiger partial charge in [-0.25, -0.2) is 9.05 Å². The molecule has 7 rings (SSSR count). The van der Waals surface area contributed by atoms with Gasteiger partial charge in [0.25, 0.3) is 11.4 Å². The molecule has 4 aromatic carbocycles.